The van der Waals surface area contributed by atoms with E-state index in [1.807, 2.05) is 13.0 Å². The number of aliphatic hydroxyl groups is 1. The highest BCUT2D eigenvalue weighted by atomic mass is 16.6. The van der Waals surface area contributed by atoms with Crippen LogP contribution < -0.4 is 0 Å². The average molecular weight is 390 g/mol. The minimum Gasteiger partial charge on any atom is -0.461 e. The second kappa shape index (κ2) is 9.50. The first-order chi connectivity index (χ1) is 13.2. The van der Waals surface area contributed by atoms with Gasteiger partial charge in [0.05, 0.1) is 18.1 Å². The van der Waals surface area contributed by atoms with Gasteiger partial charge in [-0.3, -0.25) is 4.79 Å². The monoisotopic (exact) mass is 390 g/mol. The molecule has 7 heteroatoms. The fraction of sp³-hybridized carbons (Fsp3) is 0.476. The molecule has 1 aliphatic carbocycles. The minimum absolute atomic E-state index is 0.00656. The van der Waals surface area contributed by atoms with Gasteiger partial charge in [-0.25, -0.2) is 9.59 Å². The van der Waals surface area contributed by atoms with Gasteiger partial charge >= 0.3 is 17.9 Å². The standard InChI is InChI=1S/C21H26O7/c1-12-6-5-7-16(10-22)9-18-19(14(3)21(25)28-18)17(8-12)27-20(24)13(2)11-26-15(4)23/h6,9,17-19,22H,2-3,5,7-8,10-11H2,1,4H3/b12-6+,16-9-/t17-,18-,19+/m0/s1. The smallest absolute Gasteiger partial charge is 0.337 e. The Balaban J connectivity index is 2.28. The third-order valence-electron chi connectivity index (χ3n) is 4.74. The molecule has 0 bridgehead atoms. The molecular weight excluding hydrogens is 364 g/mol. The normalized spacial score (nSPS) is 28.8. The predicted octanol–water partition coefficient (Wildman–Crippen LogP) is 2.16. The Bertz CT molecular complexity index is 744. The molecule has 28 heavy (non-hydrogen) atoms. The van der Waals surface area contributed by atoms with Gasteiger partial charge in [-0.05, 0) is 31.4 Å². The van der Waals surface area contributed by atoms with Gasteiger partial charge in [0, 0.05) is 18.9 Å². The van der Waals surface area contributed by atoms with Crippen LogP contribution in [0.15, 0.2) is 47.6 Å². The summed E-state index contributed by atoms with van der Waals surface area (Å²) in [4.78, 5) is 35.5. The van der Waals surface area contributed by atoms with Crippen LogP contribution >= 0.6 is 0 Å². The highest BCUT2D eigenvalue weighted by Crippen LogP contribution is 2.36. The molecule has 152 valence electrons. The molecule has 0 spiro atoms. The van der Waals surface area contributed by atoms with E-state index in [2.05, 4.69) is 13.2 Å². The zero-order valence-corrected chi connectivity index (χ0v) is 16.2. The molecule has 0 radical (unpaired) electrons. The molecule has 1 N–H and O–H groups in total. The number of fused-ring (bicyclic) bond motifs is 1. The van der Waals surface area contributed by atoms with Crippen molar-refractivity contribution in [3.05, 3.63) is 47.6 Å². The first kappa shape index (κ1) is 21.6. The Morgan fingerprint density at radius 1 is 1.39 bits per heavy atom. The molecule has 3 atom stereocenters. The maximum absolute atomic E-state index is 12.4. The van der Waals surface area contributed by atoms with E-state index in [-0.39, 0.29) is 24.4 Å². The van der Waals surface area contributed by atoms with E-state index in [4.69, 9.17) is 14.2 Å². The molecule has 1 fully saturated rings. The van der Waals surface area contributed by atoms with Crippen LogP contribution in [0.5, 0.6) is 0 Å². The van der Waals surface area contributed by atoms with Crippen molar-refractivity contribution in [1.82, 2.24) is 0 Å². The van der Waals surface area contributed by atoms with Crippen LogP contribution in [-0.4, -0.2) is 48.4 Å². The number of aliphatic hydroxyl groups excluding tert-OH is 1. The number of ether oxygens (including phenoxy) is 3. The summed E-state index contributed by atoms with van der Waals surface area (Å²) in [6, 6.07) is 0. The zero-order chi connectivity index (χ0) is 20.8. The van der Waals surface area contributed by atoms with Crippen molar-refractivity contribution < 1.29 is 33.7 Å². The summed E-state index contributed by atoms with van der Waals surface area (Å²) >= 11 is 0. The van der Waals surface area contributed by atoms with Gasteiger partial charge in [0.1, 0.15) is 18.8 Å². The van der Waals surface area contributed by atoms with E-state index in [0.29, 0.717) is 19.3 Å². The van der Waals surface area contributed by atoms with E-state index in [9.17, 15) is 19.5 Å². The topological polar surface area (TPSA) is 99.1 Å². The molecule has 0 amide bonds. The molecule has 0 aromatic rings. The lowest BCUT2D eigenvalue weighted by Gasteiger charge is -2.27. The fourth-order valence-electron chi connectivity index (χ4n) is 3.24. The largest absolute Gasteiger partial charge is 0.461 e. The summed E-state index contributed by atoms with van der Waals surface area (Å²) in [6.45, 7) is 10.1. The number of rotatable bonds is 5. The number of carbonyl (C=O) groups is 3. The molecule has 2 aliphatic rings. The first-order valence-electron chi connectivity index (χ1n) is 9.10. The van der Waals surface area contributed by atoms with Crippen molar-refractivity contribution in [3.63, 3.8) is 0 Å². The lowest BCUT2D eigenvalue weighted by atomic mass is 9.85. The van der Waals surface area contributed by atoms with Crippen LogP contribution in [0.2, 0.25) is 0 Å². The highest BCUT2D eigenvalue weighted by molar-refractivity contribution is 5.92. The summed E-state index contributed by atoms with van der Waals surface area (Å²) in [5.74, 6) is -2.38. The van der Waals surface area contributed by atoms with Gasteiger partial charge in [-0.2, -0.15) is 0 Å². The van der Waals surface area contributed by atoms with Gasteiger partial charge in [0.2, 0.25) is 0 Å². The maximum Gasteiger partial charge on any atom is 0.337 e. The second-order valence-corrected chi connectivity index (χ2v) is 7.02. The molecule has 1 aliphatic heterocycles. The van der Waals surface area contributed by atoms with Crippen molar-refractivity contribution in [2.75, 3.05) is 13.2 Å². The van der Waals surface area contributed by atoms with Crippen LogP contribution in [-0.2, 0) is 28.6 Å². The third-order valence-corrected chi connectivity index (χ3v) is 4.74. The lowest BCUT2D eigenvalue weighted by molar-refractivity contribution is -0.148. The van der Waals surface area contributed by atoms with Crippen LogP contribution in [0.1, 0.15) is 33.1 Å². The summed E-state index contributed by atoms with van der Waals surface area (Å²) in [6.07, 6.45) is 4.09. The van der Waals surface area contributed by atoms with Crippen molar-refractivity contribution >= 4 is 17.9 Å². The lowest BCUT2D eigenvalue weighted by Crippen LogP contribution is -2.34. The summed E-state index contributed by atoms with van der Waals surface area (Å²) in [5, 5.41) is 9.59. The van der Waals surface area contributed by atoms with Gasteiger partial charge in [0.15, 0.2) is 0 Å². The van der Waals surface area contributed by atoms with Crippen LogP contribution in [0.25, 0.3) is 0 Å². The molecule has 0 unspecified atom stereocenters. The quantitative estimate of drug-likeness (QED) is 0.332. The number of carbonyl (C=O) groups excluding carboxylic acids is 3. The summed E-state index contributed by atoms with van der Waals surface area (Å²) < 4.78 is 15.8. The number of allylic oxidation sites excluding steroid dienone is 1. The van der Waals surface area contributed by atoms with Gasteiger partial charge in [-0.1, -0.05) is 24.8 Å². The van der Waals surface area contributed by atoms with Gasteiger partial charge in [-0.15, -0.1) is 0 Å². The predicted molar refractivity (Wildman–Crippen MR) is 101 cm³/mol. The van der Waals surface area contributed by atoms with E-state index >= 15 is 0 Å². The Morgan fingerprint density at radius 3 is 2.75 bits per heavy atom. The average Bonchev–Trinajstić information content (AvgIpc) is 2.91. The number of esters is 3. The first-order valence-corrected chi connectivity index (χ1v) is 9.10. The number of hydrogen-bond acceptors (Lipinski definition) is 7. The van der Waals surface area contributed by atoms with Gasteiger partial charge in [0.25, 0.3) is 0 Å². The fourth-order valence-corrected chi connectivity index (χ4v) is 3.24. The van der Waals surface area contributed by atoms with Crippen LogP contribution in [0.3, 0.4) is 0 Å². The van der Waals surface area contributed by atoms with E-state index in [0.717, 1.165) is 11.1 Å². The van der Waals surface area contributed by atoms with E-state index in [1.54, 1.807) is 6.08 Å². The SMILES string of the molecule is C=C(COC(C)=O)C(=O)O[C@H]1C/C(C)=C/CC/C(CO)=C/[C@@H]2OC(=O)C(=C)[C@@H]21. The van der Waals surface area contributed by atoms with E-state index in [1.165, 1.54) is 6.92 Å². The van der Waals surface area contributed by atoms with Crippen molar-refractivity contribution in [3.8, 4) is 0 Å². The Morgan fingerprint density at radius 2 is 2.11 bits per heavy atom. The van der Waals surface area contributed by atoms with E-state index < -0.39 is 36.0 Å². The molecule has 0 saturated carbocycles. The molecule has 1 saturated heterocycles. The Labute approximate surface area is 164 Å². The Kier molecular flexibility index (Phi) is 7.34. The van der Waals surface area contributed by atoms with Crippen LogP contribution in [0.4, 0.5) is 0 Å². The Hall–Kier alpha value is -2.67. The van der Waals surface area contributed by atoms with Crippen molar-refractivity contribution in [2.45, 2.75) is 45.3 Å². The molecule has 7 nitrogen and oxygen atoms in total. The number of hydrogen-bond donors (Lipinski definition) is 1. The highest BCUT2D eigenvalue weighted by Gasteiger charge is 2.44. The maximum atomic E-state index is 12.4. The van der Waals surface area contributed by atoms with Crippen LogP contribution in [0, 0.1) is 5.92 Å². The van der Waals surface area contributed by atoms with Crippen molar-refractivity contribution in [2.24, 2.45) is 5.92 Å². The molecular formula is C21H26O7. The summed E-state index contributed by atoms with van der Waals surface area (Å²) in [5.41, 5.74) is 1.93. The van der Waals surface area contributed by atoms with Crippen molar-refractivity contribution in [1.29, 1.82) is 0 Å². The molecule has 1 heterocycles. The summed E-state index contributed by atoms with van der Waals surface area (Å²) in [7, 11) is 0. The molecule has 0 aromatic carbocycles. The second-order valence-electron chi connectivity index (χ2n) is 7.02. The van der Waals surface area contributed by atoms with Gasteiger partial charge < -0.3 is 19.3 Å². The molecule has 0 aromatic heterocycles. The zero-order valence-electron chi connectivity index (χ0n) is 16.2. The molecule has 2 rings (SSSR count). The minimum atomic E-state index is -0.714. The third kappa shape index (κ3) is 5.42.